The van der Waals surface area contributed by atoms with E-state index in [2.05, 4.69) is 31.3 Å². The molecule has 1 aromatic carbocycles. The van der Waals surface area contributed by atoms with Gasteiger partial charge in [0.05, 0.1) is 0 Å². The number of hydrogen-bond acceptors (Lipinski definition) is 1. The molecule has 0 radical (unpaired) electrons. The van der Waals surface area contributed by atoms with Crippen LogP contribution in [0.2, 0.25) is 0 Å². The normalized spacial score (nSPS) is 10.2. The molecule has 0 atom stereocenters. The smallest absolute Gasteiger partial charge is 0.251 e. The Morgan fingerprint density at radius 3 is 2.00 bits per heavy atom. The Kier molecular flexibility index (Phi) is 4.50. The summed E-state index contributed by atoms with van der Waals surface area (Å²) in [6, 6.07) is 8.01. The highest BCUT2D eigenvalue weighted by molar-refractivity contribution is 6.03. The third-order valence-electron chi connectivity index (χ3n) is 2.93. The SMILES string of the molecule is CC(C)=C(C)C(=O)Nc1ccc(C(C)C)cc1. The molecule has 1 rings (SSSR count). The van der Waals surface area contributed by atoms with Crippen molar-refractivity contribution in [1.29, 1.82) is 0 Å². The molecule has 0 heterocycles. The monoisotopic (exact) mass is 231 g/mol. The molecule has 0 saturated carbocycles. The molecule has 1 amide bonds. The van der Waals surface area contributed by atoms with Gasteiger partial charge < -0.3 is 5.32 Å². The molecule has 0 spiro atoms. The van der Waals surface area contributed by atoms with Crippen molar-refractivity contribution in [2.24, 2.45) is 0 Å². The molecule has 17 heavy (non-hydrogen) atoms. The molecule has 0 fully saturated rings. The predicted octanol–water partition coefficient (Wildman–Crippen LogP) is 4.10. The van der Waals surface area contributed by atoms with E-state index >= 15 is 0 Å². The maximum atomic E-state index is 11.8. The number of benzene rings is 1. The summed E-state index contributed by atoms with van der Waals surface area (Å²) in [5.41, 5.74) is 3.95. The zero-order valence-corrected chi connectivity index (χ0v) is 11.3. The Balaban J connectivity index is 2.77. The fourth-order valence-electron chi connectivity index (χ4n) is 1.40. The van der Waals surface area contributed by atoms with E-state index in [1.807, 2.05) is 32.9 Å². The van der Waals surface area contributed by atoms with E-state index in [9.17, 15) is 4.79 Å². The summed E-state index contributed by atoms with van der Waals surface area (Å²) in [5, 5.41) is 2.89. The lowest BCUT2D eigenvalue weighted by Crippen LogP contribution is -2.13. The minimum atomic E-state index is -0.0257. The highest BCUT2D eigenvalue weighted by atomic mass is 16.1. The molecule has 0 unspecified atom stereocenters. The van der Waals surface area contributed by atoms with E-state index in [0.717, 1.165) is 16.8 Å². The number of nitrogens with one attached hydrogen (secondary N) is 1. The van der Waals surface area contributed by atoms with Crippen LogP contribution in [0.15, 0.2) is 35.4 Å². The van der Waals surface area contributed by atoms with Crippen LogP contribution in [0.25, 0.3) is 0 Å². The topological polar surface area (TPSA) is 29.1 Å². The van der Waals surface area contributed by atoms with Gasteiger partial charge in [0.25, 0.3) is 5.91 Å². The van der Waals surface area contributed by atoms with Crippen molar-refractivity contribution in [1.82, 2.24) is 0 Å². The van der Waals surface area contributed by atoms with E-state index in [4.69, 9.17) is 0 Å². The van der Waals surface area contributed by atoms with Gasteiger partial charge in [0, 0.05) is 11.3 Å². The first kappa shape index (κ1) is 13.5. The Morgan fingerprint density at radius 1 is 1.06 bits per heavy atom. The van der Waals surface area contributed by atoms with E-state index in [1.165, 1.54) is 5.56 Å². The molecule has 0 saturated heterocycles. The molecule has 0 aliphatic heterocycles. The van der Waals surface area contributed by atoms with E-state index in [0.29, 0.717) is 5.92 Å². The molecule has 2 nitrogen and oxygen atoms in total. The van der Waals surface area contributed by atoms with Crippen LogP contribution in [0.1, 0.15) is 46.1 Å². The summed E-state index contributed by atoms with van der Waals surface area (Å²) >= 11 is 0. The average molecular weight is 231 g/mol. The maximum Gasteiger partial charge on any atom is 0.251 e. The van der Waals surface area contributed by atoms with Crippen LogP contribution in [-0.4, -0.2) is 5.91 Å². The van der Waals surface area contributed by atoms with Gasteiger partial charge in [0.15, 0.2) is 0 Å². The molecule has 1 N–H and O–H groups in total. The molecule has 92 valence electrons. The van der Waals surface area contributed by atoms with Crippen LogP contribution >= 0.6 is 0 Å². The van der Waals surface area contributed by atoms with Crippen molar-refractivity contribution in [2.75, 3.05) is 5.32 Å². The number of amides is 1. The number of carbonyl (C=O) groups excluding carboxylic acids is 1. The molecule has 2 heteroatoms. The van der Waals surface area contributed by atoms with Crippen molar-refractivity contribution in [3.05, 3.63) is 41.0 Å². The van der Waals surface area contributed by atoms with Crippen molar-refractivity contribution in [3.8, 4) is 0 Å². The van der Waals surface area contributed by atoms with Crippen LogP contribution < -0.4 is 5.32 Å². The van der Waals surface area contributed by atoms with Crippen LogP contribution in [0.5, 0.6) is 0 Å². The third kappa shape index (κ3) is 3.74. The first-order valence-electron chi connectivity index (χ1n) is 5.97. The van der Waals surface area contributed by atoms with Gasteiger partial charge in [0.1, 0.15) is 0 Å². The van der Waals surface area contributed by atoms with Crippen LogP contribution in [0.4, 0.5) is 5.69 Å². The first-order chi connectivity index (χ1) is 7.91. The number of rotatable bonds is 3. The fourth-order valence-corrected chi connectivity index (χ4v) is 1.40. The Bertz CT molecular complexity index is 423. The van der Waals surface area contributed by atoms with Crippen LogP contribution in [0.3, 0.4) is 0 Å². The van der Waals surface area contributed by atoms with Crippen molar-refractivity contribution in [2.45, 2.75) is 40.5 Å². The van der Waals surface area contributed by atoms with Gasteiger partial charge >= 0.3 is 0 Å². The van der Waals surface area contributed by atoms with E-state index < -0.39 is 0 Å². The Hall–Kier alpha value is -1.57. The summed E-state index contributed by atoms with van der Waals surface area (Å²) < 4.78 is 0. The highest BCUT2D eigenvalue weighted by Crippen LogP contribution is 2.17. The lowest BCUT2D eigenvalue weighted by Gasteiger charge is -2.09. The molecular weight excluding hydrogens is 210 g/mol. The molecule has 1 aromatic rings. The molecule has 0 bridgehead atoms. The van der Waals surface area contributed by atoms with Gasteiger partial charge in [-0.05, 0) is 44.4 Å². The van der Waals surface area contributed by atoms with E-state index in [-0.39, 0.29) is 5.91 Å². The second kappa shape index (κ2) is 5.67. The van der Waals surface area contributed by atoms with Crippen molar-refractivity contribution >= 4 is 11.6 Å². The van der Waals surface area contributed by atoms with E-state index in [1.54, 1.807) is 0 Å². The highest BCUT2D eigenvalue weighted by Gasteiger charge is 2.06. The van der Waals surface area contributed by atoms with Gasteiger partial charge in [-0.2, -0.15) is 0 Å². The second-order valence-corrected chi connectivity index (χ2v) is 4.86. The summed E-state index contributed by atoms with van der Waals surface area (Å²) in [7, 11) is 0. The van der Waals surface area contributed by atoms with Crippen molar-refractivity contribution in [3.63, 3.8) is 0 Å². The van der Waals surface area contributed by atoms with Gasteiger partial charge in [0.2, 0.25) is 0 Å². The third-order valence-corrected chi connectivity index (χ3v) is 2.93. The number of hydrogen-bond donors (Lipinski definition) is 1. The van der Waals surface area contributed by atoms with Crippen LogP contribution in [-0.2, 0) is 4.79 Å². The first-order valence-corrected chi connectivity index (χ1v) is 5.97. The predicted molar refractivity (Wildman–Crippen MR) is 73.2 cm³/mol. The molecular formula is C15H21NO. The second-order valence-electron chi connectivity index (χ2n) is 4.86. The molecule has 0 aliphatic carbocycles. The largest absolute Gasteiger partial charge is 0.322 e. The zero-order chi connectivity index (χ0) is 13.0. The zero-order valence-electron chi connectivity index (χ0n) is 11.3. The summed E-state index contributed by atoms with van der Waals surface area (Å²) in [6.07, 6.45) is 0. The minimum absolute atomic E-state index is 0.0257. The fraction of sp³-hybridized carbons (Fsp3) is 0.400. The number of carbonyl (C=O) groups is 1. The molecule has 0 aromatic heterocycles. The summed E-state index contributed by atoms with van der Waals surface area (Å²) in [4.78, 5) is 11.8. The average Bonchev–Trinajstić information content (AvgIpc) is 2.28. The van der Waals surface area contributed by atoms with Crippen molar-refractivity contribution < 1.29 is 4.79 Å². The van der Waals surface area contributed by atoms with Gasteiger partial charge in [-0.1, -0.05) is 31.6 Å². The summed E-state index contributed by atoms with van der Waals surface area (Å²) in [5.74, 6) is 0.488. The quantitative estimate of drug-likeness (QED) is 0.779. The lowest BCUT2D eigenvalue weighted by molar-refractivity contribution is -0.112. The summed E-state index contributed by atoms with van der Waals surface area (Å²) in [6.45, 7) is 10.0. The standard InChI is InChI=1S/C15H21NO/c1-10(2)12(5)15(17)16-14-8-6-13(7-9-14)11(3)4/h6-9,11H,1-5H3,(H,16,17). The molecule has 0 aliphatic rings. The minimum Gasteiger partial charge on any atom is -0.322 e. The van der Waals surface area contributed by atoms with Gasteiger partial charge in [-0.3, -0.25) is 4.79 Å². The number of anilines is 1. The van der Waals surface area contributed by atoms with Gasteiger partial charge in [-0.25, -0.2) is 0 Å². The number of allylic oxidation sites excluding steroid dienone is 1. The van der Waals surface area contributed by atoms with Gasteiger partial charge in [-0.15, -0.1) is 0 Å². The maximum absolute atomic E-state index is 11.8. The Morgan fingerprint density at radius 2 is 1.59 bits per heavy atom. The Labute approximate surface area is 104 Å². The van der Waals surface area contributed by atoms with Crippen LogP contribution in [0, 0.1) is 0 Å². The lowest BCUT2D eigenvalue weighted by atomic mass is 10.0.